The number of carbonyl (C=O) groups is 3. The van der Waals surface area contributed by atoms with E-state index in [1.54, 1.807) is 36.4 Å². The van der Waals surface area contributed by atoms with Gasteiger partial charge in [-0.2, -0.15) is 0 Å². The summed E-state index contributed by atoms with van der Waals surface area (Å²) in [4.78, 5) is 36.9. The van der Waals surface area contributed by atoms with Crippen LogP contribution in [0.2, 0.25) is 0 Å². The zero-order chi connectivity index (χ0) is 19.1. The van der Waals surface area contributed by atoms with Gasteiger partial charge < -0.3 is 10.2 Å². The summed E-state index contributed by atoms with van der Waals surface area (Å²) in [6, 6.07) is 12.5. The smallest absolute Gasteiger partial charge is 0.224 e. The maximum Gasteiger partial charge on any atom is 0.224 e. The van der Waals surface area contributed by atoms with Crippen LogP contribution < -0.4 is 10.2 Å². The number of amides is 2. The molecule has 5 nitrogen and oxygen atoms in total. The molecule has 0 bridgehead atoms. The van der Waals surface area contributed by atoms with E-state index in [1.165, 1.54) is 30.9 Å². The van der Waals surface area contributed by atoms with E-state index >= 15 is 0 Å². The molecule has 0 unspecified atom stereocenters. The Hall–Kier alpha value is -3.02. The molecule has 136 valence electrons. The summed E-state index contributed by atoms with van der Waals surface area (Å²) in [5.74, 6) is -0.821. The molecule has 0 atom stereocenters. The number of nitrogens with zero attached hydrogens (tertiary/aromatic N) is 1. The zero-order valence-corrected chi connectivity index (χ0v) is 14.8. The maximum absolute atomic E-state index is 12.9. The Morgan fingerprint density at radius 2 is 1.73 bits per heavy atom. The lowest BCUT2D eigenvalue weighted by Gasteiger charge is -2.22. The Bertz CT molecular complexity index is 803. The second kappa shape index (κ2) is 8.89. The van der Waals surface area contributed by atoms with Gasteiger partial charge in [0.15, 0.2) is 5.78 Å². The molecule has 0 aliphatic rings. The lowest BCUT2D eigenvalue weighted by molar-refractivity contribution is -0.121. The molecule has 6 heteroatoms. The molecular formula is C20H21FN2O3. The van der Waals surface area contributed by atoms with E-state index in [0.29, 0.717) is 16.8 Å². The summed E-state index contributed by atoms with van der Waals surface area (Å²) in [6.45, 7) is 3.45. The quantitative estimate of drug-likeness (QED) is 0.776. The molecule has 0 radical (unpaired) electrons. The fourth-order valence-electron chi connectivity index (χ4n) is 2.52. The molecule has 0 spiro atoms. The van der Waals surface area contributed by atoms with Gasteiger partial charge in [0.1, 0.15) is 5.82 Å². The topological polar surface area (TPSA) is 66.5 Å². The molecular weight excluding hydrogens is 335 g/mol. The van der Waals surface area contributed by atoms with Crippen LogP contribution in [0.3, 0.4) is 0 Å². The first-order chi connectivity index (χ1) is 12.4. The monoisotopic (exact) mass is 356 g/mol. The van der Waals surface area contributed by atoms with E-state index in [1.807, 2.05) is 0 Å². The number of ketones is 1. The first-order valence-corrected chi connectivity index (χ1v) is 8.27. The van der Waals surface area contributed by atoms with Gasteiger partial charge in [-0.3, -0.25) is 14.4 Å². The second-order valence-corrected chi connectivity index (χ2v) is 5.93. The van der Waals surface area contributed by atoms with Gasteiger partial charge in [0.2, 0.25) is 11.8 Å². The van der Waals surface area contributed by atoms with Gasteiger partial charge in [-0.25, -0.2) is 4.39 Å². The van der Waals surface area contributed by atoms with E-state index in [2.05, 4.69) is 5.32 Å². The van der Waals surface area contributed by atoms with Crippen molar-refractivity contribution in [2.24, 2.45) is 0 Å². The number of rotatable bonds is 7. The largest absolute Gasteiger partial charge is 0.354 e. The highest BCUT2D eigenvalue weighted by Crippen LogP contribution is 2.16. The molecule has 26 heavy (non-hydrogen) atoms. The number of anilines is 1. The Labute approximate surface area is 151 Å². The highest BCUT2D eigenvalue weighted by molar-refractivity contribution is 5.97. The van der Waals surface area contributed by atoms with Crippen LogP contribution in [-0.4, -0.2) is 30.7 Å². The lowest BCUT2D eigenvalue weighted by atomic mass is 10.1. The zero-order valence-electron chi connectivity index (χ0n) is 14.8. The Balaban J connectivity index is 1.93. The summed E-state index contributed by atoms with van der Waals surface area (Å²) in [5.41, 5.74) is 1.84. The van der Waals surface area contributed by atoms with E-state index in [4.69, 9.17) is 0 Å². The van der Waals surface area contributed by atoms with Crippen LogP contribution in [0.1, 0.15) is 29.8 Å². The summed E-state index contributed by atoms with van der Waals surface area (Å²) in [7, 11) is 0. The number of nitrogens with one attached hydrogen (secondary N) is 1. The fraction of sp³-hybridized carbons (Fsp3) is 0.250. The van der Waals surface area contributed by atoms with Crippen LogP contribution in [0.15, 0.2) is 48.5 Å². The third kappa shape index (κ3) is 5.51. The number of Topliss-reactive ketones (excluding diaryl/α,β-unsaturated/α-hetero) is 1. The van der Waals surface area contributed by atoms with E-state index in [9.17, 15) is 18.8 Å². The highest BCUT2D eigenvalue weighted by Gasteiger charge is 2.13. The van der Waals surface area contributed by atoms with Gasteiger partial charge in [-0.05, 0) is 36.8 Å². The molecule has 1 N–H and O–H groups in total. The van der Waals surface area contributed by atoms with Crippen molar-refractivity contribution in [1.82, 2.24) is 5.32 Å². The normalized spacial score (nSPS) is 10.3. The van der Waals surface area contributed by atoms with Crippen molar-refractivity contribution in [3.05, 3.63) is 65.5 Å². The molecule has 0 aromatic heterocycles. The number of hydrogen-bond acceptors (Lipinski definition) is 3. The predicted octanol–water partition coefficient (Wildman–Crippen LogP) is 2.74. The van der Waals surface area contributed by atoms with Crippen molar-refractivity contribution in [1.29, 1.82) is 0 Å². The molecule has 0 aliphatic carbocycles. The number of hydrogen-bond donors (Lipinski definition) is 1. The summed E-state index contributed by atoms with van der Waals surface area (Å²) < 4.78 is 12.9. The molecule has 0 aliphatic heterocycles. The Morgan fingerprint density at radius 3 is 2.35 bits per heavy atom. The van der Waals surface area contributed by atoms with Crippen molar-refractivity contribution in [2.75, 3.05) is 18.0 Å². The van der Waals surface area contributed by atoms with Crippen LogP contribution in [0.25, 0.3) is 0 Å². The molecule has 0 fully saturated rings. The Kier molecular flexibility index (Phi) is 6.60. The van der Waals surface area contributed by atoms with Gasteiger partial charge in [0.25, 0.3) is 0 Å². The maximum atomic E-state index is 12.9. The molecule has 2 amide bonds. The molecule has 2 aromatic carbocycles. The van der Waals surface area contributed by atoms with Crippen LogP contribution in [-0.2, 0) is 16.0 Å². The fourth-order valence-corrected chi connectivity index (χ4v) is 2.52. The lowest BCUT2D eigenvalue weighted by Crippen LogP contribution is -2.38. The van der Waals surface area contributed by atoms with Gasteiger partial charge in [-0.15, -0.1) is 0 Å². The van der Waals surface area contributed by atoms with Crippen molar-refractivity contribution in [3.63, 3.8) is 0 Å². The number of benzene rings is 2. The first kappa shape index (κ1) is 19.3. The highest BCUT2D eigenvalue weighted by atomic mass is 19.1. The average molecular weight is 356 g/mol. The van der Waals surface area contributed by atoms with Crippen molar-refractivity contribution < 1.29 is 18.8 Å². The molecule has 2 rings (SSSR count). The summed E-state index contributed by atoms with van der Waals surface area (Å²) in [5, 5.41) is 2.74. The van der Waals surface area contributed by atoms with Crippen LogP contribution in [0, 0.1) is 5.82 Å². The molecule has 0 heterocycles. The predicted molar refractivity (Wildman–Crippen MR) is 97.6 cm³/mol. The SMILES string of the molecule is CC(=O)c1cccc(N(CCNC(=O)Cc2ccc(F)cc2)C(C)=O)c1. The van der Waals surface area contributed by atoms with Crippen LogP contribution in [0.4, 0.5) is 10.1 Å². The third-order valence-electron chi connectivity index (χ3n) is 3.88. The minimum Gasteiger partial charge on any atom is -0.354 e. The average Bonchev–Trinajstić information content (AvgIpc) is 2.60. The van der Waals surface area contributed by atoms with Gasteiger partial charge >= 0.3 is 0 Å². The second-order valence-electron chi connectivity index (χ2n) is 5.93. The summed E-state index contributed by atoms with van der Waals surface area (Å²) in [6.07, 6.45) is 0.139. The molecule has 2 aromatic rings. The minimum atomic E-state index is -0.348. The van der Waals surface area contributed by atoms with Crippen LogP contribution in [0.5, 0.6) is 0 Å². The van der Waals surface area contributed by atoms with Crippen LogP contribution >= 0.6 is 0 Å². The third-order valence-corrected chi connectivity index (χ3v) is 3.88. The standard InChI is InChI=1S/C20H21FN2O3/c1-14(24)17-4-3-5-19(13-17)23(15(2)25)11-10-22-20(26)12-16-6-8-18(21)9-7-16/h3-9,13H,10-12H2,1-2H3,(H,22,26). The Morgan fingerprint density at radius 1 is 1.04 bits per heavy atom. The number of halogens is 1. The van der Waals surface area contributed by atoms with E-state index < -0.39 is 0 Å². The molecule has 0 saturated heterocycles. The first-order valence-electron chi connectivity index (χ1n) is 8.27. The van der Waals surface area contributed by atoms with Gasteiger partial charge in [0, 0.05) is 31.3 Å². The minimum absolute atomic E-state index is 0.0806. The van der Waals surface area contributed by atoms with E-state index in [0.717, 1.165) is 0 Å². The molecule has 0 saturated carbocycles. The van der Waals surface area contributed by atoms with Gasteiger partial charge in [-0.1, -0.05) is 24.3 Å². The van der Waals surface area contributed by atoms with Crippen molar-refractivity contribution in [2.45, 2.75) is 20.3 Å². The van der Waals surface area contributed by atoms with Crippen molar-refractivity contribution >= 4 is 23.3 Å². The van der Waals surface area contributed by atoms with Gasteiger partial charge in [0.05, 0.1) is 6.42 Å². The van der Waals surface area contributed by atoms with E-state index in [-0.39, 0.29) is 42.9 Å². The summed E-state index contributed by atoms with van der Waals surface area (Å²) >= 11 is 0. The number of carbonyl (C=O) groups excluding carboxylic acids is 3. The van der Waals surface area contributed by atoms with Crippen molar-refractivity contribution in [3.8, 4) is 0 Å².